The summed E-state index contributed by atoms with van der Waals surface area (Å²) in [5.74, 6) is -0.00312. The summed E-state index contributed by atoms with van der Waals surface area (Å²) in [7, 11) is -3.29. The van der Waals surface area contributed by atoms with E-state index in [-0.39, 0.29) is 5.92 Å². The van der Waals surface area contributed by atoms with Crippen LogP contribution < -0.4 is 4.72 Å². The molecule has 92 valence electrons. The van der Waals surface area contributed by atoms with Crippen molar-refractivity contribution in [3.63, 3.8) is 0 Å². The number of nitrogens with one attached hydrogen (secondary N) is 1. The van der Waals surface area contributed by atoms with Crippen molar-refractivity contribution in [2.24, 2.45) is 5.92 Å². The molecule has 0 saturated heterocycles. The van der Waals surface area contributed by atoms with E-state index < -0.39 is 14.8 Å². The Labute approximate surface area is 98.7 Å². The smallest absolute Gasteiger partial charge is 0.214 e. The van der Waals surface area contributed by atoms with Crippen LogP contribution in [0, 0.1) is 5.92 Å². The van der Waals surface area contributed by atoms with Crippen molar-refractivity contribution in [3.8, 4) is 0 Å². The molecule has 0 aromatic rings. The van der Waals surface area contributed by atoms with Gasteiger partial charge < -0.3 is 0 Å². The van der Waals surface area contributed by atoms with Crippen LogP contribution in [-0.4, -0.2) is 19.7 Å². The fourth-order valence-electron chi connectivity index (χ4n) is 1.69. The highest BCUT2D eigenvalue weighted by Gasteiger charge is 2.41. The number of rotatable bonds is 5. The van der Waals surface area contributed by atoms with E-state index in [0.29, 0.717) is 6.54 Å². The van der Waals surface area contributed by atoms with Crippen LogP contribution in [-0.2, 0) is 10.0 Å². The summed E-state index contributed by atoms with van der Waals surface area (Å²) in [6, 6.07) is 0. The molecule has 0 saturated carbocycles. The number of allylic oxidation sites excluding steroid dienone is 3. The third kappa shape index (κ3) is 2.55. The Balaban J connectivity index is 2.82. The van der Waals surface area contributed by atoms with Crippen LogP contribution in [0.5, 0.6) is 0 Å². The first kappa shape index (κ1) is 13.5. The fraction of sp³-hybridized carbons (Fsp3) is 0.667. The van der Waals surface area contributed by atoms with Crippen molar-refractivity contribution in [2.45, 2.75) is 38.4 Å². The van der Waals surface area contributed by atoms with E-state index in [1.165, 1.54) is 0 Å². The van der Waals surface area contributed by atoms with Gasteiger partial charge in [-0.3, -0.25) is 0 Å². The molecule has 16 heavy (non-hydrogen) atoms. The minimum atomic E-state index is -3.29. The molecule has 1 aliphatic carbocycles. The molecule has 4 heteroatoms. The third-order valence-corrected chi connectivity index (χ3v) is 5.49. The highest BCUT2D eigenvalue weighted by Crippen LogP contribution is 2.31. The monoisotopic (exact) mass is 243 g/mol. The molecule has 0 aromatic carbocycles. The molecule has 0 fully saturated rings. The van der Waals surface area contributed by atoms with E-state index in [2.05, 4.69) is 4.72 Å². The van der Waals surface area contributed by atoms with Crippen molar-refractivity contribution in [1.82, 2.24) is 4.72 Å². The topological polar surface area (TPSA) is 46.2 Å². The Hall–Kier alpha value is -0.610. The van der Waals surface area contributed by atoms with Crippen LogP contribution in [0.15, 0.2) is 24.3 Å². The van der Waals surface area contributed by atoms with E-state index in [4.69, 9.17) is 0 Å². The Bertz CT molecular complexity index is 384. The van der Waals surface area contributed by atoms with Gasteiger partial charge in [0, 0.05) is 6.54 Å². The molecule has 0 spiro atoms. The van der Waals surface area contributed by atoms with Crippen molar-refractivity contribution in [1.29, 1.82) is 0 Å². The molecule has 1 N–H and O–H groups in total. The quantitative estimate of drug-likeness (QED) is 0.753. The second-order valence-electron chi connectivity index (χ2n) is 4.47. The third-order valence-electron chi connectivity index (χ3n) is 3.24. The van der Waals surface area contributed by atoms with Crippen LogP contribution in [0.3, 0.4) is 0 Å². The van der Waals surface area contributed by atoms with Gasteiger partial charge in [-0.25, -0.2) is 13.1 Å². The van der Waals surface area contributed by atoms with Gasteiger partial charge in [0.1, 0.15) is 4.75 Å². The maximum atomic E-state index is 12.2. The van der Waals surface area contributed by atoms with Crippen LogP contribution in [0.2, 0.25) is 0 Å². The standard InChI is InChI=1S/C12H21NO2S/c1-4-5-10-13-16(14,15)12(3)9-7-6-8-11(12)2/h6-9,11,13H,4-5,10H2,1-3H3. The van der Waals surface area contributed by atoms with Crippen molar-refractivity contribution >= 4 is 10.0 Å². The van der Waals surface area contributed by atoms with Gasteiger partial charge in [-0.15, -0.1) is 0 Å². The predicted molar refractivity (Wildman–Crippen MR) is 67.7 cm³/mol. The maximum absolute atomic E-state index is 12.2. The molecule has 2 atom stereocenters. The molecule has 2 unspecified atom stereocenters. The number of sulfonamides is 1. The van der Waals surface area contributed by atoms with Crippen molar-refractivity contribution < 1.29 is 8.42 Å². The summed E-state index contributed by atoms with van der Waals surface area (Å²) >= 11 is 0. The zero-order valence-corrected chi connectivity index (χ0v) is 11.0. The molecule has 0 amide bonds. The van der Waals surface area contributed by atoms with Gasteiger partial charge >= 0.3 is 0 Å². The van der Waals surface area contributed by atoms with Crippen LogP contribution in [0.4, 0.5) is 0 Å². The minimum Gasteiger partial charge on any atom is -0.214 e. The summed E-state index contributed by atoms with van der Waals surface area (Å²) in [5.41, 5.74) is 0. The summed E-state index contributed by atoms with van der Waals surface area (Å²) < 4.78 is 26.3. The second kappa shape index (κ2) is 5.15. The summed E-state index contributed by atoms with van der Waals surface area (Å²) in [5, 5.41) is 0. The van der Waals surface area contributed by atoms with Crippen molar-refractivity contribution in [2.75, 3.05) is 6.54 Å². The van der Waals surface area contributed by atoms with Gasteiger partial charge in [-0.05, 0) is 19.3 Å². The number of hydrogen-bond acceptors (Lipinski definition) is 2. The maximum Gasteiger partial charge on any atom is 0.221 e. The highest BCUT2D eigenvalue weighted by atomic mass is 32.2. The van der Waals surface area contributed by atoms with E-state index in [1.807, 2.05) is 26.0 Å². The van der Waals surface area contributed by atoms with E-state index in [0.717, 1.165) is 12.8 Å². The second-order valence-corrected chi connectivity index (χ2v) is 6.64. The molecule has 1 aliphatic rings. The molecule has 0 heterocycles. The first-order valence-corrected chi connectivity index (χ1v) is 7.27. The average molecular weight is 243 g/mol. The van der Waals surface area contributed by atoms with Gasteiger partial charge in [-0.2, -0.15) is 0 Å². The molecule has 0 aliphatic heterocycles. The Morgan fingerprint density at radius 1 is 1.38 bits per heavy atom. The van der Waals surface area contributed by atoms with E-state index in [9.17, 15) is 8.42 Å². The fourth-order valence-corrected chi connectivity index (χ4v) is 3.24. The van der Waals surface area contributed by atoms with Gasteiger partial charge in [0.15, 0.2) is 0 Å². The zero-order chi connectivity index (χ0) is 12.2. The van der Waals surface area contributed by atoms with Gasteiger partial charge in [0.25, 0.3) is 0 Å². The Kier molecular flexibility index (Phi) is 4.33. The van der Waals surface area contributed by atoms with Gasteiger partial charge in [-0.1, -0.05) is 44.6 Å². The molecule has 0 bridgehead atoms. The molecular formula is C12H21NO2S. The minimum absolute atomic E-state index is 0.00312. The SMILES string of the molecule is CCCCNS(=O)(=O)C1(C)C=CC=CC1C. The van der Waals surface area contributed by atoms with Crippen LogP contribution in [0.1, 0.15) is 33.6 Å². The van der Waals surface area contributed by atoms with Crippen LogP contribution in [0.25, 0.3) is 0 Å². The number of unbranched alkanes of at least 4 members (excludes halogenated alkanes) is 1. The lowest BCUT2D eigenvalue weighted by atomic mass is 9.91. The predicted octanol–water partition coefficient (Wildman–Crippen LogP) is 2.23. The first-order chi connectivity index (χ1) is 7.44. The first-order valence-electron chi connectivity index (χ1n) is 5.79. The molecular weight excluding hydrogens is 222 g/mol. The Morgan fingerprint density at radius 3 is 2.62 bits per heavy atom. The normalized spacial score (nSPS) is 29.6. The lowest BCUT2D eigenvalue weighted by Gasteiger charge is -2.32. The largest absolute Gasteiger partial charge is 0.221 e. The zero-order valence-electron chi connectivity index (χ0n) is 10.2. The van der Waals surface area contributed by atoms with Crippen LogP contribution >= 0.6 is 0 Å². The number of hydrogen-bond donors (Lipinski definition) is 1. The lowest BCUT2D eigenvalue weighted by Crippen LogP contribution is -2.47. The van der Waals surface area contributed by atoms with E-state index in [1.54, 1.807) is 19.1 Å². The van der Waals surface area contributed by atoms with Crippen molar-refractivity contribution in [3.05, 3.63) is 24.3 Å². The Morgan fingerprint density at radius 2 is 2.06 bits per heavy atom. The average Bonchev–Trinajstić information content (AvgIpc) is 2.22. The lowest BCUT2D eigenvalue weighted by molar-refractivity contribution is 0.501. The summed E-state index contributed by atoms with van der Waals surface area (Å²) in [4.78, 5) is 0. The van der Waals surface area contributed by atoms with E-state index >= 15 is 0 Å². The molecule has 0 aromatic heterocycles. The molecule has 1 rings (SSSR count). The molecule has 3 nitrogen and oxygen atoms in total. The summed E-state index contributed by atoms with van der Waals surface area (Å²) in [6.45, 7) is 6.27. The highest BCUT2D eigenvalue weighted by molar-refractivity contribution is 7.91. The molecule has 0 radical (unpaired) electrons. The van der Waals surface area contributed by atoms with Gasteiger partial charge in [0.2, 0.25) is 10.0 Å². The summed E-state index contributed by atoms with van der Waals surface area (Å²) in [6.07, 6.45) is 9.27. The van der Waals surface area contributed by atoms with Gasteiger partial charge in [0.05, 0.1) is 0 Å².